The molecule has 0 radical (unpaired) electrons. The lowest BCUT2D eigenvalue weighted by Crippen LogP contribution is -2.24. The number of H-pyrrole nitrogens is 1. The summed E-state index contributed by atoms with van der Waals surface area (Å²) >= 11 is 0. The Morgan fingerprint density at radius 3 is 2.93 bits per heavy atom. The zero-order chi connectivity index (χ0) is 18.6. The number of hydrogen-bond acceptors (Lipinski definition) is 6. The summed E-state index contributed by atoms with van der Waals surface area (Å²) in [5, 5.41) is 4.04. The van der Waals surface area contributed by atoms with Crippen molar-refractivity contribution < 1.29 is 4.52 Å². The largest absolute Gasteiger partial charge is 0.361 e. The van der Waals surface area contributed by atoms with Gasteiger partial charge in [-0.25, -0.2) is 15.0 Å². The second kappa shape index (κ2) is 8.00. The number of rotatable bonds is 5. The first-order valence-corrected chi connectivity index (χ1v) is 9.63. The van der Waals surface area contributed by atoms with Crippen molar-refractivity contribution in [2.24, 2.45) is 5.92 Å². The van der Waals surface area contributed by atoms with E-state index in [1.807, 2.05) is 20.0 Å². The van der Waals surface area contributed by atoms with E-state index in [9.17, 15) is 0 Å². The quantitative estimate of drug-likeness (QED) is 0.746. The second-order valence-corrected chi connectivity index (χ2v) is 7.45. The molecule has 0 spiro atoms. The molecular formula is C20H26N6O. The molecule has 1 atom stereocenters. The maximum atomic E-state index is 5.29. The van der Waals surface area contributed by atoms with Crippen molar-refractivity contribution >= 4 is 0 Å². The van der Waals surface area contributed by atoms with Gasteiger partial charge in [0.15, 0.2) is 0 Å². The summed E-state index contributed by atoms with van der Waals surface area (Å²) in [6.07, 6.45) is 9.99. The molecule has 7 heteroatoms. The van der Waals surface area contributed by atoms with Gasteiger partial charge in [0.1, 0.15) is 12.1 Å². The van der Waals surface area contributed by atoms with Crippen LogP contribution in [0.4, 0.5) is 0 Å². The first kappa shape index (κ1) is 17.9. The van der Waals surface area contributed by atoms with E-state index in [1.54, 1.807) is 12.7 Å². The fourth-order valence-electron chi connectivity index (χ4n) is 3.99. The third-order valence-electron chi connectivity index (χ3n) is 5.40. The fourth-order valence-corrected chi connectivity index (χ4v) is 3.99. The van der Waals surface area contributed by atoms with Crippen LogP contribution in [-0.2, 0) is 13.0 Å². The lowest BCUT2D eigenvalue weighted by molar-refractivity contribution is 0.269. The molecule has 0 aliphatic carbocycles. The maximum Gasteiger partial charge on any atom is 0.143 e. The van der Waals surface area contributed by atoms with Gasteiger partial charge in [0.05, 0.1) is 23.3 Å². The highest BCUT2D eigenvalue weighted by atomic mass is 16.5. The summed E-state index contributed by atoms with van der Waals surface area (Å²) in [7, 11) is 0. The molecule has 3 aromatic rings. The lowest BCUT2D eigenvalue weighted by atomic mass is 9.94. The van der Waals surface area contributed by atoms with Crippen LogP contribution in [0.1, 0.15) is 42.1 Å². The predicted octanol–water partition coefficient (Wildman–Crippen LogP) is 3.32. The summed E-state index contributed by atoms with van der Waals surface area (Å²) in [6.45, 7) is 7.09. The first-order chi connectivity index (χ1) is 13.2. The Balaban J connectivity index is 1.40. The Morgan fingerprint density at radius 1 is 1.22 bits per heavy atom. The van der Waals surface area contributed by atoms with Crippen LogP contribution in [0.25, 0.3) is 11.3 Å². The topological polar surface area (TPSA) is 83.7 Å². The monoisotopic (exact) mass is 366 g/mol. The summed E-state index contributed by atoms with van der Waals surface area (Å²) < 4.78 is 5.29. The van der Waals surface area contributed by atoms with Crippen LogP contribution < -0.4 is 0 Å². The van der Waals surface area contributed by atoms with Gasteiger partial charge in [0, 0.05) is 24.1 Å². The molecule has 0 unspecified atom stereocenters. The number of aryl methyl sites for hydroxylation is 2. The van der Waals surface area contributed by atoms with Crippen LogP contribution >= 0.6 is 0 Å². The Kier molecular flexibility index (Phi) is 5.29. The summed E-state index contributed by atoms with van der Waals surface area (Å²) in [4.78, 5) is 18.8. The molecule has 142 valence electrons. The summed E-state index contributed by atoms with van der Waals surface area (Å²) in [6, 6.07) is 2.10. The van der Waals surface area contributed by atoms with Crippen molar-refractivity contribution in [2.45, 2.75) is 46.1 Å². The molecule has 1 saturated heterocycles. The Labute approximate surface area is 159 Å². The molecule has 3 aromatic heterocycles. The SMILES string of the molecule is Cc1noc(C)c1-c1cc(C[C@@H]2CCCN(Cc3cnc[nH]3)CC2)ncn1. The molecule has 1 N–H and O–H groups in total. The highest BCUT2D eigenvalue weighted by Crippen LogP contribution is 2.27. The average molecular weight is 366 g/mol. The maximum absolute atomic E-state index is 5.29. The van der Waals surface area contributed by atoms with Gasteiger partial charge in [-0.1, -0.05) is 5.16 Å². The van der Waals surface area contributed by atoms with E-state index in [0.717, 1.165) is 54.5 Å². The zero-order valence-electron chi connectivity index (χ0n) is 16.0. The average Bonchev–Trinajstić information content (AvgIpc) is 3.22. The Bertz CT molecular complexity index is 853. The highest BCUT2D eigenvalue weighted by molar-refractivity contribution is 5.63. The van der Waals surface area contributed by atoms with Crippen LogP contribution in [0.2, 0.25) is 0 Å². The molecule has 4 heterocycles. The number of hydrogen-bond donors (Lipinski definition) is 1. The van der Waals surface area contributed by atoms with Gasteiger partial charge in [-0.2, -0.15) is 0 Å². The molecule has 4 rings (SSSR count). The molecule has 1 aliphatic heterocycles. The van der Waals surface area contributed by atoms with E-state index in [4.69, 9.17) is 4.52 Å². The predicted molar refractivity (Wildman–Crippen MR) is 102 cm³/mol. The first-order valence-electron chi connectivity index (χ1n) is 9.63. The minimum absolute atomic E-state index is 0.657. The summed E-state index contributed by atoms with van der Waals surface area (Å²) in [5.41, 5.74) is 5.07. The zero-order valence-corrected chi connectivity index (χ0v) is 16.0. The van der Waals surface area contributed by atoms with Gasteiger partial charge in [-0.15, -0.1) is 0 Å². The van der Waals surface area contributed by atoms with Gasteiger partial charge < -0.3 is 9.51 Å². The number of likely N-dealkylation sites (tertiary alicyclic amines) is 1. The number of nitrogens with zero attached hydrogens (tertiary/aromatic N) is 5. The molecule has 0 bridgehead atoms. The van der Waals surface area contributed by atoms with Gasteiger partial charge in [-0.05, 0) is 64.6 Å². The molecule has 1 aliphatic rings. The van der Waals surface area contributed by atoms with Crippen molar-refractivity contribution in [1.82, 2.24) is 30.0 Å². The molecule has 7 nitrogen and oxygen atoms in total. The second-order valence-electron chi connectivity index (χ2n) is 7.45. The molecular weight excluding hydrogens is 340 g/mol. The number of aromatic amines is 1. The minimum Gasteiger partial charge on any atom is -0.361 e. The van der Waals surface area contributed by atoms with E-state index in [2.05, 4.69) is 36.1 Å². The highest BCUT2D eigenvalue weighted by Gasteiger charge is 2.19. The Morgan fingerprint density at radius 2 is 2.15 bits per heavy atom. The molecule has 0 aromatic carbocycles. The van der Waals surface area contributed by atoms with Crippen LogP contribution in [-0.4, -0.2) is 43.1 Å². The normalized spacial score (nSPS) is 18.5. The van der Waals surface area contributed by atoms with E-state index in [1.165, 1.54) is 25.0 Å². The standard InChI is InChI=1S/C20H26N6O/c1-14-20(15(2)27-25-14)19-9-17(23-13-24-19)8-16-4-3-6-26(7-5-16)11-18-10-21-12-22-18/h9-10,12-13,16H,3-8,11H2,1-2H3,(H,21,22)/t16-/m1/s1. The third kappa shape index (κ3) is 4.24. The van der Waals surface area contributed by atoms with E-state index >= 15 is 0 Å². The summed E-state index contributed by atoms with van der Waals surface area (Å²) in [5.74, 6) is 1.46. The minimum atomic E-state index is 0.657. The van der Waals surface area contributed by atoms with E-state index in [0.29, 0.717) is 5.92 Å². The molecule has 0 saturated carbocycles. The van der Waals surface area contributed by atoms with Crippen LogP contribution in [0.3, 0.4) is 0 Å². The fraction of sp³-hybridized carbons (Fsp3) is 0.500. The van der Waals surface area contributed by atoms with Gasteiger partial charge in [0.2, 0.25) is 0 Å². The molecule has 1 fully saturated rings. The lowest BCUT2D eigenvalue weighted by Gasteiger charge is -2.19. The van der Waals surface area contributed by atoms with Gasteiger partial charge in [-0.3, -0.25) is 4.90 Å². The third-order valence-corrected chi connectivity index (χ3v) is 5.40. The number of nitrogens with one attached hydrogen (secondary N) is 1. The van der Waals surface area contributed by atoms with Crippen LogP contribution in [0, 0.1) is 19.8 Å². The van der Waals surface area contributed by atoms with Gasteiger partial charge in [0.25, 0.3) is 0 Å². The number of imidazole rings is 1. The molecule has 27 heavy (non-hydrogen) atoms. The van der Waals surface area contributed by atoms with E-state index in [-0.39, 0.29) is 0 Å². The smallest absolute Gasteiger partial charge is 0.143 e. The van der Waals surface area contributed by atoms with Crippen LogP contribution in [0.5, 0.6) is 0 Å². The Hall–Kier alpha value is -2.54. The van der Waals surface area contributed by atoms with Crippen LogP contribution in [0.15, 0.2) is 29.4 Å². The van der Waals surface area contributed by atoms with Crippen molar-refractivity contribution in [2.75, 3.05) is 13.1 Å². The van der Waals surface area contributed by atoms with Crippen molar-refractivity contribution in [3.8, 4) is 11.3 Å². The number of aromatic nitrogens is 5. The molecule has 0 amide bonds. The van der Waals surface area contributed by atoms with Crippen molar-refractivity contribution in [3.63, 3.8) is 0 Å². The van der Waals surface area contributed by atoms with E-state index < -0.39 is 0 Å². The van der Waals surface area contributed by atoms with Gasteiger partial charge >= 0.3 is 0 Å². The van der Waals surface area contributed by atoms with Crippen molar-refractivity contribution in [3.05, 3.63) is 47.8 Å². The van der Waals surface area contributed by atoms with Crippen molar-refractivity contribution in [1.29, 1.82) is 0 Å².